The molecule has 0 spiro atoms. The molecule has 0 N–H and O–H groups in total. The van der Waals surface area contributed by atoms with Gasteiger partial charge in [0.1, 0.15) is 11.5 Å². The van der Waals surface area contributed by atoms with E-state index in [2.05, 4.69) is 14.9 Å². The number of alkyl halides is 3. The lowest BCUT2D eigenvalue weighted by atomic mass is 10.1. The van der Waals surface area contributed by atoms with Crippen LogP contribution in [0.2, 0.25) is 0 Å². The number of anilines is 1. The molecule has 3 aromatic rings. The van der Waals surface area contributed by atoms with Crippen molar-refractivity contribution in [1.29, 1.82) is 0 Å². The van der Waals surface area contributed by atoms with Gasteiger partial charge in [-0.2, -0.15) is 4.31 Å². The summed E-state index contributed by atoms with van der Waals surface area (Å²) in [7, 11) is -2.26. The average Bonchev–Trinajstić information content (AvgIpc) is 2.84. The van der Waals surface area contributed by atoms with Gasteiger partial charge in [-0.1, -0.05) is 0 Å². The molecule has 12 heteroatoms. The summed E-state index contributed by atoms with van der Waals surface area (Å²) in [5.41, 5.74) is 1.59. The van der Waals surface area contributed by atoms with Crippen molar-refractivity contribution in [3.63, 3.8) is 0 Å². The van der Waals surface area contributed by atoms with Gasteiger partial charge in [-0.3, -0.25) is 0 Å². The lowest BCUT2D eigenvalue weighted by Gasteiger charge is -2.34. The standard InChI is InChI=1S/C22H21F3N4O4S/c1-32-17-4-2-16(3-5-17)20-10-11-21(27-26-20)28-12-14-29(15-13-28)34(30,31)19-8-6-18(7-9-19)33-22(23,24)25/h2-11H,12-15H2,1H3. The van der Waals surface area contributed by atoms with Gasteiger partial charge in [-0.15, -0.1) is 23.4 Å². The molecule has 2 heterocycles. The molecule has 1 saturated heterocycles. The fourth-order valence-electron chi connectivity index (χ4n) is 3.53. The number of sulfonamides is 1. The van der Waals surface area contributed by atoms with Gasteiger partial charge in [-0.05, 0) is 60.7 Å². The molecule has 8 nitrogen and oxygen atoms in total. The number of aromatic nitrogens is 2. The van der Waals surface area contributed by atoms with Crippen molar-refractivity contribution in [3.05, 3.63) is 60.7 Å². The van der Waals surface area contributed by atoms with Crippen molar-refractivity contribution < 1.29 is 31.1 Å². The normalized spacial score (nSPS) is 15.2. The molecule has 0 saturated carbocycles. The van der Waals surface area contributed by atoms with Gasteiger partial charge in [0.25, 0.3) is 0 Å². The van der Waals surface area contributed by atoms with E-state index in [0.717, 1.165) is 35.6 Å². The minimum absolute atomic E-state index is 0.0980. The minimum Gasteiger partial charge on any atom is -0.497 e. The molecule has 0 unspecified atom stereocenters. The summed E-state index contributed by atoms with van der Waals surface area (Å²) in [6.45, 7) is 1.19. The molecule has 0 atom stereocenters. The third-order valence-electron chi connectivity index (χ3n) is 5.29. The van der Waals surface area contributed by atoms with Gasteiger partial charge in [0.05, 0.1) is 17.7 Å². The molecule has 1 aliphatic rings. The van der Waals surface area contributed by atoms with Crippen LogP contribution in [-0.4, -0.2) is 62.6 Å². The first-order valence-electron chi connectivity index (χ1n) is 10.2. The van der Waals surface area contributed by atoms with E-state index < -0.39 is 22.1 Å². The summed E-state index contributed by atoms with van der Waals surface area (Å²) in [6, 6.07) is 15.3. The SMILES string of the molecule is COc1ccc(-c2ccc(N3CCN(S(=O)(=O)c4ccc(OC(F)(F)F)cc4)CC3)nn2)cc1. The molecule has 0 amide bonds. The predicted molar refractivity (Wildman–Crippen MR) is 118 cm³/mol. The van der Waals surface area contributed by atoms with E-state index in [9.17, 15) is 21.6 Å². The second kappa shape index (κ2) is 9.47. The summed E-state index contributed by atoms with van der Waals surface area (Å²) in [4.78, 5) is 1.83. The Bertz CT molecular complexity index is 1210. The van der Waals surface area contributed by atoms with E-state index in [4.69, 9.17) is 4.74 Å². The first kappa shape index (κ1) is 23.8. The van der Waals surface area contributed by atoms with Crippen LogP contribution in [0.25, 0.3) is 11.3 Å². The number of piperazine rings is 1. The van der Waals surface area contributed by atoms with Gasteiger partial charge in [0, 0.05) is 31.7 Å². The van der Waals surface area contributed by atoms with Crippen LogP contribution in [0.5, 0.6) is 11.5 Å². The second-order valence-corrected chi connectivity index (χ2v) is 9.35. The quantitative estimate of drug-likeness (QED) is 0.518. The van der Waals surface area contributed by atoms with Gasteiger partial charge < -0.3 is 14.4 Å². The second-order valence-electron chi connectivity index (χ2n) is 7.42. The summed E-state index contributed by atoms with van der Waals surface area (Å²) in [6.07, 6.45) is -4.84. The molecule has 180 valence electrons. The van der Waals surface area contributed by atoms with E-state index in [1.807, 2.05) is 41.3 Å². The summed E-state index contributed by atoms with van der Waals surface area (Å²) in [5, 5.41) is 8.55. The molecule has 1 fully saturated rings. The van der Waals surface area contributed by atoms with Gasteiger partial charge in [0.2, 0.25) is 10.0 Å². The fourth-order valence-corrected chi connectivity index (χ4v) is 4.95. The molecule has 0 bridgehead atoms. The molecule has 1 aromatic heterocycles. The summed E-state index contributed by atoms with van der Waals surface area (Å²) < 4.78 is 72.9. The summed E-state index contributed by atoms with van der Waals surface area (Å²) in [5.74, 6) is 0.891. The third-order valence-corrected chi connectivity index (χ3v) is 7.21. The number of ether oxygens (including phenoxy) is 2. The molecule has 1 aliphatic heterocycles. The van der Waals surface area contributed by atoms with Crippen LogP contribution in [0.15, 0.2) is 65.6 Å². The number of halogens is 3. The van der Waals surface area contributed by atoms with Crippen molar-refractivity contribution in [2.24, 2.45) is 0 Å². The highest BCUT2D eigenvalue weighted by molar-refractivity contribution is 7.89. The van der Waals surface area contributed by atoms with Gasteiger partial charge in [-0.25, -0.2) is 8.42 Å². The Morgan fingerprint density at radius 1 is 0.824 bits per heavy atom. The highest BCUT2D eigenvalue weighted by Crippen LogP contribution is 2.26. The first-order valence-corrected chi connectivity index (χ1v) is 11.7. The molecular formula is C22H21F3N4O4S. The number of hydrogen-bond donors (Lipinski definition) is 0. The molecule has 34 heavy (non-hydrogen) atoms. The Morgan fingerprint density at radius 3 is 1.97 bits per heavy atom. The number of benzene rings is 2. The van der Waals surface area contributed by atoms with Gasteiger partial charge >= 0.3 is 6.36 Å². The smallest absolute Gasteiger partial charge is 0.497 e. The molecule has 0 aliphatic carbocycles. The summed E-state index contributed by atoms with van der Waals surface area (Å²) >= 11 is 0. The van der Waals surface area contributed by atoms with Crippen molar-refractivity contribution in [2.75, 3.05) is 38.2 Å². The fraction of sp³-hybridized carbons (Fsp3) is 0.273. The van der Waals surface area contributed by atoms with Crippen LogP contribution in [0, 0.1) is 0 Å². The number of rotatable bonds is 6. The number of methoxy groups -OCH3 is 1. The van der Waals surface area contributed by atoms with Crippen molar-refractivity contribution >= 4 is 15.8 Å². The molecule has 4 rings (SSSR count). The topological polar surface area (TPSA) is 84.9 Å². The van der Waals surface area contributed by atoms with Crippen LogP contribution in [0.1, 0.15) is 0 Å². The van der Waals surface area contributed by atoms with Crippen molar-refractivity contribution in [2.45, 2.75) is 11.3 Å². The van der Waals surface area contributed by atoms with Crippen LogP contribution in [0.3, 0.4) is 0 Å². The van der Waals surface area contributed by atoms with Crippen LogP contribution in [-0.2, 0) is 10.0 Å². The highest BCUT2D eigenvalue weighted by Gasteiger charge is 2.32. The maximum absolute atomic E-state index is 12.9. The Hall–Kier alpha value is -3.38. The molecule has 2 aromatic carbocycles. The highest BCUT2D eigenvalue weighted by atomic mass is 32.2. The van der Waals surface area contributed by atoms with Crippen molar-refractivity contribution in [3.8, 4) is 22.8 Å². The Balaban J connectivity index is 1.38. The minimum atomic E-state index is -4.84. The van der Waals surface area contributed by atoms with E-state index >= 15 is 0 Å². The van der Waals surface area contributed by atoms with Crippen LogP contribution >= 0.6 is 0 Å². The average molecular weight is 494 g/mol. The zero-order valence-corrected chi connectivity index (χ0v) is 18.9. The van der Waals surface area contributed by atoms with Crippen molar-refractivity contribution in [1.82, 2.24) is 14.5 Å². The number of nitrogens with zero attached hydrogens (tertiary/aromatic N) is 4. The molecule has 0 radical (unpaired) electrons. The first-order chi connectivity index (χ1) is 16.2. The third kappa shape index (κ3) is 5.39. The van der Waals surface area contributed by atoms with Gasteiger partial charge in [0.15, 0.2) is 5.82 Å². The maximum atomic E-state index is 12.9. The van der Waals surface area contributed by atoms with E-state index in [1.165, 1.54) is 4.31 Å². The van der Waals surface area contributed by atoms with E-state index in [-0.39, 0.29) is 18.0 Å². The largest absolute Gasteiger partial charge is 0.573 e. The van der Waals surface area contributed by atoms with E-state index in [0.29, 0.717) is 24.6 Å². The molecular weight excluding hydrogens is 473 g/mol. The lowest BCUT2D eigenvalue weighted by Crippen LogP contribution is -2.49. The Morgan fingerprint density at radius 2 is 1.44 bits per heavy atom. The van der Waals surface area contributed by atoms with Crippen LogP contribution < -0.4 is 14.4 Å². The number of hydrogen-bond acceptors (Lipinski definition) is 7. The maximum Gasteiger partial charge on any atom is 0.573 e. The van der Waals surface area contributed by atoms with E-state index in [1.54, 1.807) is 7.11 Å². The zero-order valence-electron chi connectivity index (χ0n) is 18.1. The van der Waals surface area contributed by atoms with Crippen LogP contribution in [0.4, 0.5) is 19.0 Å². The lowest BCUT2D eigenvalue weighted by molar-refractivity contribution is -0.274. The zero-order chi connectivity index (χ0) is 24.3. The Labute approximate surface area is 194 Å². The Kier molecular flexibility index (Phi) is 6.62. The monoisotopic (exact) mass is 494 g/mol. The predicted octanol–water partition coefficient (Wildman–Crippen LogP) is 3.56.